The van der Waals surface area contributed by atoms with E-state index in [0.29, 0.717) is 30.5 Å². The fraction of sp³-hybridized carbons (Fsp3) is 0.588. The number of ether oxygens (including phenoxy) is 2. The van der Waals surface area contributed by atoms with Gasteiger partial charge < -0.3 is 25.6 Å². The van der Waals surface area contributed by atoms with Crippen molar-refractivity contribution in [3.05, 3.63) is 23.8 Å². The Morgan fingerprint density at radius 2 is 1.88 bits per heavy atom. The predicted octanol–water partition coefficient (Wildman–Crippen LogP) is 2.42. The Kier molecular flexibility index (Phi) is 8.61. The third-order valence-electron chi connectivity index (χ3n) is 4.26. The van der Waals surface area contributed by atoms with E-state index in [2.05, 4.69) is 10.3 Å². The van der Waals surface area contributed by atoms with Crippen LogP contribution in [-0.2, 0) is 6.54 Å². The van der Waals surface area contributed by atoms with E-state index in [4.69, 9.17) is 15.2 Å². The van der Waals surface area contributed by atoms with Gasteiger partial charge in [0.25, 0.3) is 0 Å². The summed E-state index contributed by atoms with van der Waals surface area (Å²) in [5.74, 6) is 1.70. The number of nitrogens with zero attached hydrogens (tertiary/aromatic N) is 1. The SMILES string of the molecule is COc1ccc(CN=C(N)NCC2(O)CCCCC2)cc1OC.I. The van der Waals surface area contributed by atoms with Crippen molar-refractivity contribution in [2.45, 2.75) is 44.2 Å². The molecule has 1 aromatic rings. The van der Waals surface area contributed by atoms with E-state index in [9.17, 15) is 5.11 Å². The molecule has 6 nitrogen and oxygen atoms in total. The number of methoxy groups -OCH3 is 2. The van der Waals surface area contributed by atoms with Gasteiger partial charge in [0.15, 0.2) is 17.5 Å². The second-order valence-corrected chi connectivity index (χ2v) is 6.03. The average Bonchev–Trinajstić information content (AvgIpc) is 2.58. The fourth-order valence-corrected chi connectivity index (χ4v) is 2.85. The van der Waals surface area contributed by atoms with Gasteiger partial charge in [0.1, 0.15) is 0 Å². The number of guanidine groups is 1. The van der Waals surface area contributed by atoms with Crippen LogP contribution >= 0.6 is 24.0 Å². The minimum atomic E-state index is -0.651. The highest BCUT2D eigenvalue weighted by molar-refractivity contribution is 14.0. The molecule has 1 aliphatic carbocycles. The van der Waals surface area contributed by atoms with Crippen LogP contribution in [0.2, 0.25) is 0 Å². The number of nitrogens with one attached hydrogen (secondary N) is 1. The molecule has 0 heterocycles. The first-order valence-electron chi connectivity index (χ1n) is 8.03. The van der Waals surface area contributed by atoms with E-state index in [1.807, 2.05) is 18.2 Å². The number of rotatable bonds is 6. The Hall–Kier alpha value is -1.22. The van der Waals surface area contributed by atoms with Crippen molar-refractivity contribution in [3.63, 3.8) is 0 Å². The van der Waals surface area contributed by atoms with Gasteiger partial charge in [0.05, 0.1) is 26.4 Å². The van der Waals surface area contributed by atoms with Gasteiger partial charge in [-0.1, -0.05) is 25.3 Å². The number of halogens is 1. The summed E-state index contributed by atoms with van der Waals surface area (Å²) in [5, 5.41) is 13.5. The molecule has 136 valence electrons. The zero-order valence-electron chi connectivity index (χ0n) is 14.4. The standard InChI is InChI=1S/C17H27N3O3.HI/c1-22-14-7-6-13(10-15(14)23-2)11-19-16(18)20-12-17(21)8-4-3-5-9-17;/h6-7,10,21H,3-5,8-9,11-12H2,1-2H3,(H3,18,19,20);1H. The molecule has 1 aliphatic rings. The lowest BCUT2D eigenvalue weighted by molar-refractivity contribution is 0.00870. The molecular weight excluding hydrogens is 421 g/mol. The lowest BCUT2D eigenvalue weighted by atomic mass is 9.85. The Balaban J connectivity index is 0.00000288. The van der Waals surface area contributed by atoms with Crippen LogP contribution in [0.3, 0.4) is 0 Å². The van der Waals surface area contributed by atoms with Gasteiger partial charge in [0, 0.05) is 6.54 Å². The Labute approximate surface area is 160 Å². The van der Waals surface area contributed by atoms with Crippen molar-refractivity contribution < 1.29 is 14.6 Å². The highest BCUT2D eigenvalue weighted by Crippen LogP contribution is 2.28. The van der Waals surface area contributed by atoms with Crippen LogP contribution in [0.5, 0.6) is 11.5 Å². The Bertz CT molecular complexity index is 546. The molecule has 0 aromatic heterocycles. The largest absolute Gasteiger partial charge is 0.493 e. The number of nitrogens with two attached hydrogens (primary N) is 1. The first-order valence-corrected chi connectivity index (χ1v) is 8.03. The normalized spacial score (nSPS) is 16.9. The smallest absolute Gasteiger partial charge is 0.189 e. The number of benzene rings is 1. The number of hydrogen-bond donors (Lipinski definition) is 3. The topological polar surface area (TPSA) is 89.1 Å². The number of aliphatic imine (C=N–C) groups is 1. The van der Waals surface area contributed by atoms with E-state index < -0.39 is 5.60 Å². The number of hydrogen-bond acceptors (Lipinski definition) is 4. The maximum absolute atomic E-state index is 10.4. The average molecular weight is 449 g/mol. The van der Waals surface area contributed by atoms with E-state index in [1.54, 1.807) is 14.2 Å². The molecule has 0 bridgehead atoms. The van der Waals surface area contributed by atoms with Crippen LogP contribution in [0, 0.1) is 0 Å². The second-order valence-electron chi connectivity index (χ2n) is 6.03. The molecule has 0 radical (unpaired) electrons. The summed E-state index contributed by atoms with van der Waals surface area (Å²) in [5.41, 5.74) is 6.22. The maximum Gasteiger partial charge on any atom is 0.189 e. The molecule has 7 heteroatoms. The highest BCUT2D eigenvalue weighted by atomic mass is 127. The fourth-order valence-electron chi connectivity index (χ4n) is 2.85. The van der Waals surface area contributed by atoms with Crippen molar-refractivity contribution >= 4 is 29.9 Å². The second kappa shape index (κ2) is 9.93. The van der Waals surface area contributed by atoms with Crippen LogP contribution in [0.15, 0.2) is 23.2 Å². The van der Waals surface area contributed by atoms with Gasteiger partial charge in [-0.3, -0.25) is 0 Å². The van der Waals surface area contributed by atoms with Crippen molar-refractivity contribution in [2.24, 2.45) is 10.7 Å². The van der Waals surface area contributed by atoms with Gasteiger partial charge in [-0.15, -0.1) is 24.0 Å². The first-order chi connectivity index (χ1) is 11.1. The van der Waals surface area contributed by atoms with Gasteiger partial charge in [-0.05, 0) is 30.5 Å². The molecule has 0 aliphatic heterocycles. The summed E-state index contributed by atoms with van der Waals surface area (Å²) in [6, 6.07) is 5.65. The Morgan fingerprint density at radius 1 is 1.21 bits per heavy atom. The quantitative estimate of drug-likeness (QED) is 0.353. The lowest BCUT2D eigenvalue weighted by Gasteiger charge is -2.32. The zero-order valence-corrected chi connectivity index (χ0v) is 16.7. The molecule has 0 spiro atoms. The van der Waals surface area contributed by atoms with Crippen LogP contribution in [-0.4, -0.2) is 37.4 Å². The van der Waals surface area contributed by atoms with Crippen molar-refractivity contribution in [1.82, 2.24) is 5.32 Å². The Morgan fingerprint density at radius 3 is 2.50 bits per heavy atom. The predicted molar refractivity (Wildman–Crippen MR) is 106 cm³/mol. The molecule has 1 aromatic carbocycles. The van der Waals surface area contributed by atoms with E-state index in [1.165, 1.54) is 6.42 Å². The number of aliphatic hydroxyl groups is 1. The van der Waals surface area contributed by atoms with Crippen LogP contribution < -0.4 is 20.5 Å². The summed E-state index contributed by atoms with van der Waals surface area (Å²) in [7, 11) is 3.21. The van der Waals surface area contributed by atoms with Gasteiger partial charge in [-0.2, -0.15) is 0 Å². The lowest BCUT2D eigenvalue weighted by Crippen LogP contribution is -2.46. The van der Waals surface area contributed by atoms with Gasteiger partial charge in [0.2, 0.25) is 0 Å². The summed E-state index contributed by atoms with van der Waals surface area (Å²) < 4.78 is 10.5. The zero-order chi connectivity index (χ0) is 16.7. The molecule has 24 heavy (non-hydrogen) atoms. The minimum Gasteiger partial charge on any atom is -0.493 e. The molecule has 0 unspecified atom stereocenters. The van der Waals surface area contributed by atoms with E-state index >= 15 is 0 Å². The molecule has 1 fully saturated rings. The molecule has 2 rings (SSSR count). The third-order valence-corrected chi connectivity index (χ3v) is 4.26. The summed E-state index contributed by atoms with van der Waals surface area (Å²) in [6.45, 7) is 0.895. The minimum absolute atomic E-state index is 0. The molecule has 1 saturated carbocycles. The first kappa shape index (κ1) is 20.8. The van der Waals surface area contributed by atoms with Crippen molar-refractivity contribution in [1.29, 1.82) is 0 Å². The van der Waals surface area contributed by atoms with E-state index in [0.717, 1.165) is 31.2 Å². The summed E-state index contributed by atoms with van der Waals surface area (Å²) in [6.07, 6.45) is 4.98. The molecule has 0 saturated heterocycles. The van der Waals surface area contributed by atoms with Crippen molar-refractivity contribution in [3.8, 4) is 11.5 Å². The third kappa shape index (κ3) is 6.01. The van der Waals surface area contributed by atoms with Gasteiger partial charge in [-0.25, -0.2) is 4.99 Å². The van der Waals surface area contributed by atoms with Gasteiger partial charge >= 0.3 is 0 Å². The molecular formula is C17H28IN3O3. The van der Waals surface area contributed by atoms with E-state index in [-0.39, 0.29) is 24.0 Å². The molecule has 4 N–H and O–H groups in total. The van der Waals surface area contributed by atoms with Crippen molar-refractivity contribution in [2.75, 3.05) is 20.8 Å². The van der Waals surface area contributed by atoms with Crippen LogP contribution in [0.4, 0.5) is 0 Å². The van der Waals surface area contributed by atoms with Crippen LogP contribution in [0.25, 0.3) is 0 Å². The monoisotopic (exact) mass is 449 g/mol. The molecule has 0 amide bonds. The highest BCUT2D eigenvalue weighted by Gasteiger charge is 2.28. The summed E-state index contributed by atoms with van der Waals surface area (Å²) in [4.78, 5) is 4.32. The van der Waals surface area contributed by atoms with Crippen LogP contribution in [0.1, 0.15) is 37.7 Å². The molecule has 0 atom stereocenters. The maximum atomic E-state index is 10.4. The summed E-state index contributed by atoms with van der Waals surface area (Å²) >= 11 is 0.